The van der Waals surface area contributed by atoms with Crippen LogP contribution in [0.5, 0.6) is 11.5 Å². The van der Waals surface area contributed by atoms with Gasteiger partial charge in [-0.2, -0.15) is 0 Å². The lowest BCUT2D eigenvalue weighted by Crippen LogP contribution is -2.47. The second kappa shape index (κ2) is 19.2. The van der Waals surface area contributed by atoms with Gasteiger partial charge in [0, 0.05) is 92.3 Å². The first-order valence-corrected chi connectivity index (χ1v) is 25.6. The van der Waals surface area contributed by atoms with Gasteiger partial charge in [-0.15, -0.1) is 0 Å². The fourth-order valence-electron chi connectivity index (χ4n) is 8.86. The molecule has 1 aromatic heterocycles. The molecular weight excluding hydrogens is 890 g/mol. The number of nitro benzene ring substituents is 1. The number of hydrogen-bond acceptors (Lipinski definition) is 12. The number of ether oxygens (including phenoxy) is 1. The molecule has 0 saturated carbocycles. The van der Waals surface area contributed by atoms with Gasteiger partial charge in [-0.25, -0.2) is 21.6 Å². The van der Waals surface area contributed by atoms with Crippen LogP contribution in [0.1, 0.15) is 55.5 Å². The average molecular weight is 945 g/mol. The predicted molar refractivity (Wildman–Crippen MR) is 255 cm³/mol. The lowest BCUT2D eigenvalue weighted by atomic mass is 9.72. The van der Waals surface area contributed by atoms with Crippen molar-refractivity contribution in [3.05, 3.63) is 123 Å². The molecule has 0 unspecified atom stereocenters. The highest BCUT2D eigenvalue weighted by molar-refractivity contribution is 7.91. The maximum Gasteiger partial charge on any atom is 0.293 e. The Labute approximate surface area is 384 Å². The molecule has 2 fully saturated rings. The van der Waals surface area contributed by atoms with E-state index in [9.17, 15) is 31.7 Å². The number of halogens is 1. The molecule has 18 heteroatoms. The van der Waals surface area contributed by atoms with E-state index in [-0.39, 0.29) is 33.9 Å². The smallest absolute Gasteiger partial charge is 0.293 e. The number of nitrogens with one attached hydrogen (secondary N) is 3. The van der Waals surface area contributed by atoms with Crippen LogP contribution in [0.25, 0.3) is 16.5 Å². The topological polar surface area (TPSA) is 187 Å². The second-order valence-electron chi connectivity index (χ2n) is 17.8. The number of sulfone groups is 1. The Kier molecular flexibility index (Phi) is 13.6. The van der Waals surface area contributed by atoms with Gasteiger partial charge in [0.05, 0.1) is 26.9 Å². The molecule has 0 radical (unpaired) electrons. The van der Waals surface area contributed by atoms with Crippen LogP contribution in [0.3, 0.4) is 0 Å². The highest BCUT2D eigenvalue weighted by atomic mass is 35.5. The SMILES string of the molecule is CC1(C)CCC(CN2CCN(c3ccc(C(=O)NS(=O)(=O)c4ccc(NCCCN5CCS(=O)(=O)CC5)c([N+](=O)[O-])c4)c(Oc4cccc5[nH]ccc45)c3)CC2)=C(c2ccc(Cl)cc2)C1. The number of anilines is 2. The van der Waals surface area contributed by atoms with E-state index in [4.69, 9.17) is 16.3 Å². The van der Waals surface area contributed by atoms with Crippen LogP contribution in [-0.4, -0.2) is 113 Å². The number of nitro groups is 1. The van der Waals surface area contributed by atoms with Crippen molar-refractivity contribution in [2.24, 2.45) is 5.41 Å². The summed E-state index contributed by atoms with van der Waals surface area (Å²) < 4.78 is 59.5. The number of nitrogens with zero attached hydrogens (tertiary/aromatic N) is 4. The number of aromatic amines is 1. The van der Waals surface area contributed by atoms with Crippen molar-refractivity contribution in [3.8, 4) is 11.5 Å². The van der Waals surface area contributed by atoms with Crippen molar-refractivity contribution in [2.45, 2.75) is 44.4 Å². The summed E-state index contributed by atoms with van der Waals surface area (Å²) in [5.41, 5.74) is 5.54. The number of rotatable bonds is 15. The molecule has 2 aliphatic heterocycles. The first-order valence-electron chi connectivity index (χ1n) is 21.9. The van der Waals surface area contributed by atoms with E-state index < -0.39 is 41.3 Å². The molecule has 344 valence electrons. The number of aromatic nitrogens is 1. The third-order valence-corrected chi connectivity index (χ3v) is 15.8. The van der Waals surface area contributed by atoms with E-state index in [1.54, 1.807) is 30.5 Å². The molecule has 2 saturated heterocycles. The van der Waals surface area contributed by atoms with Crippen LogP contribution >= 0.6 is 11.6 Å². The molecule has 3 N–H and O–H groups in total. The fourth-order valence-corrected chi connectivity index (χ4v) is 11.2. The number of H-pyrrole nitrogens is 1. The second-order valence-corrected chi connectivity index (χ2v) is 22.2. The van der Waals surface area contributed by atoms with Gasteiger partial charge in [-0.05, 0) is 103 Å². The van der Waals surface area contributed by atoms with Crippen molar-refractivity contribution >= 4 is 70.9 Å². The van der Waals surface area contributed by atoms with Gasteiger partial charge in [-0.3, -0.25) is 19.8 Å². The zero-order valence-electron chi connectivity index (χ0n) is 36.5. The maximum absolute atomic E-state index is 14.0. The third kappa shape index (κ3) is 11.2. The molecular formula is C47H54ClN7O8S2. The number of sulfonamides is 1. The largest absolute Gasteiger partial charge is 0.456 e. The van der Waals surface area contributed by atoms with E-state index in [1.165, 1.54) is 28.8 Å². The van der Waals surface area contributed by atoms with Gasteiger partial charge in [0.2, 0.25) is 0 Å². The van der Waals surface area contributed by atoms with Gasteiger partial charge in [0.25, 0.3) is 21.6 Å². The molecule has 0 atom stereocenters. The number of hydrogen-bond donors (Lipinski definition) is 3. The minimum atomic E-state index is -4.60. The van der Waals surface area contributed by atoms with Crippen LogP contribution in [0.2, 0.25) is 5.02 Å². The van der Waals surface area contributed by atoms with Gasteiger partial charge in [0.15, 0.2) is 9.84 Å². The standard InChI is InChI=1S/C47H54ClN7O8S2/c1-47(2)17-15-34(40(31-47)33-7-9-35(48)10-8-33)32-53-21-23-54(24-22-53)36-11-13-39(45(29-36)63-44-6-3-5-41-38(44)16-19-50-41)46(56)51-65(61,62)37-12-14-42(43(30-37)55(57)58)49-18-4-20-52-25-27-64(59,60)28-26-52/h3,5-14,16,19,29-30,49-50H,4,15,17-18,20-28,31-32H2,1-2H3,(H,51,56). The summed E-state index contributed by atoms with van der Waals surface area (Å²) in [7, 11) is -7.61. The molecule has 1 amide bonds. The summed E-state index contributed by atoms with van der Waals surface area (Å²) in [6.07, 6.45) is 5.53. The summed E-state index contributed by atoms with van der Waals surface area (Å²) in [5, 5.41) is 16.6. The van der Waals surface area contributed by atoms with Crippen molar-refractivity contribution in [2.75, 3.05) is 80.6 Å². The van der Waals surface area contributed by atoms with Gasteiger partial charge in [0.1, 0.15) is 17.2 Å². The Balaban J connectivity index is 0.975. The maximum atomic E-state index is 14.0. The minimum absolute atomic E-state index is 0.0375. The summed E-state index contributed by atoms with van der Waals surface area (Å²) in [6.45, 7) is 10.4. The molecule has 15 nitrogen and oxygen atoms in total. The van der Waals surface area contributed by atoms with E-state index >= 15 is 0 Å². The summed E-state index contributed by atoms with van der Waals surface area (Å²) >= 11 is 6.24. The van der Waals surface area contributed by atoms with Crippen LogP contribution < -0.4 is 19.7 Å². The van der Waals surface area contributed by atoms with E-state index in [1.807, 2.05) is 35.2 Å². The Hall–Kier alpha value is -5.46. The first kappa shape index (κ1) is 46.1. The Morgan fingerprint density at radius 3 is 2.42 bits per heavy atom. The van der Waals surface area contributed by atoms with Crippen molar-refractivity contribution in [1.82, 2.24) is 19.5 Å². The number of piperazine rings is 1. The number of benzene rings is 4. The molecule has 4 aromatic carbocycles. The van der Waals surface area contributed by atoms with E-state index in [0.29, 0.717) is 38.3 Å². The van der Waals surface area contributed by atoms with Crippen LogP contribution in [0.15, 0.2) is 102 Å². The molecule has 5 aromatic rings. The van der Waals surface area contributed by atoms with Crippen molar-refractivity contribution < 1.29 is 31.3 Å². The molecule has 0 spiro atoms. The molecule has 3 aliphatic rings. The highest BCUT2D eigenvalue weighted by Gasteiger charge is 2.31. The molecule has 8 rings (SSSR count). The number of carbonyl (C=O) groups is 1. The van der Waals surface area contributed by atoms with E-state index in [0.717, 1.165) is 79.7 Å². The van der Waals surface area contributed by atoms with Crippen LogP contribution in [-0.2, 0) is 19.9 Å². The van der Waals surface area contributed by atoms with Crippen molar-refractivity contribution in [3.63, 3.8) is 0 Å². The fraction of sp³-hybridized carbons (Fsp3) is 0.383. The third-order valence-electron chi connectivity index (χ3n) is 12.6. The number of fused-ring (bicyclic) bond motifs is 1. The molecule has 3 heterocycles. The summed E-state index contributed by atoms with van der Waals surface area (Å²) in [5.74, 6) is -0.150. The lowest BCUT2D eigenvalue weighted by Gasteiger charge is -2.39. The number of allylic oxidation sites excluding steroid dienone is 1. The zero-order chi connectivity index (χ0) is 45.9. The Morgan fingerprint density at radius 1 is 0.923 bits per heavy atom. The molecule has 0 bridgehead atoms. The van der Waals surface area contributed by atoms with Gasteiger partial charge in [-0.1, -0.05) is 49.2 Å². The van der Waals surface area contributed by atoms with Crippen LogP contribution in [0, 0.1) is 15.5 Å². The van der Waals surface area contributed by atoms with Gasteiger partial charge < -0.3 is 24.8 Å². The Morgan fingerprint density at radius 2 is 1.68 bits per heavy atom. The quantitative estimate of drug-likeness (QED) is 0.0523. The number of carbonyl (C=O) groups excluding carboxylic acids is 1. The Bertz CT molecular complexity index is 2830. The molecule has 1 aliphatic carbocycles. The predicted octanol–water partition coefficient (Wildman–Crippen LogP) is 7.96. The minimum Gasteiger partial charge on any atom is -0.456 e. The normalized spacial score (nSPS) is 18.1. The first-order chi connectivity index (χ1) is 31.0. The van der Waals surface area contributed by atoms with E-state index in [2.05, 4.69) is 50.8 Å². The van der Waals surface area contributed by atoms with Gasteiger partial charge >= 0.3 is 0 Å². The molecule has 65 heavy (non-hydrogen) atoms. The zero-order valence-corrected chi connectivity index (χ0v) is 38.9. The van der Waals surface area contributed by atoms with Crippen molar-refractivity contribution in [1.29, 1.82) is 0 Å². The highest BCUT2D eigenvalue weighted by Crippen LogP contribution is 2.43. The lowest BCUT2D eigenvalue weighted by molar-refractivity contribution is -0.384. The summed E-state index contributed by atoms with van der Waals surface area (Å²) in [6, 6.07) is 24.0. The number of amides is 1. The average Bonchev–Trinajstić information content (AvgIpc) is 3.77. The van der Waals surface area contributed by atoms with Crippen LogP contribution in [0.4, 0.5) is 17.1 Å². The summed E-state index contributed by atoms with van der Waals surface area (Å²) in [4.78, 5) is 34.9. The monoisotopic (exact) mass is 943 g/mol.